The van der Waals surface area contributed by atoms with Gasteiger partial charge in [0.2, 0.25) is 11.9 Å². The zero-order valence-electron chi connectivity index (χ0n) is 26.5. The number of aryl methyl sites for hydroxylation is 1. The van der Waals surface area contributed by atoms with E-state index in [1.54, 1.807) is 19.1 Å². The molecule has 4 atom stereocenters. The number of rotatable bonds is 12. The van der Waals surface area contributed by atoms with Gasteiger partial charge in [-0.2, -0.15) is 0 Å². The van der Waals surface area contributed by atoms with Crippen molar-refractivity contribution in [3.63, 3.8) is 0 Å². The topological polar surface area (TPSA) is 171 Å². The number of nitro groups is 2. The van der Waals surface area contributed by atoms with Crippen LogP contribution in [0.5, 0.6) is 5.75 Å². The molecular weight excluding hydrogens is 686 g/mol. The minimum Gasteiger partial charge on any atom is -0.496 e. The van der Waals surface area contributed by atoms with Gasteiger partial charge < -0.3 is 14.8 Å². The van der Waals surface area contributed by atoms with Crippen molar-refractivity contribution in [2.45, 2.75) is 50.2 Å². The molecule has 1 amide bonds. The Kier molecular flexibility index (Phi) is 10.5. The predicted molar refractivity (Wildman–Crippen MR) is 177 cm³/mol. The van der Waals surface area contributed by atoms with Gasteiger partial charge in [-0.3, -0.25) is 34.7 Å². The van der Waals surface area contributed by atoms with Gasteiger partial charge in [0.05, 0.1) is 41.7 Å². The Bertz CT molecular complexity index is 1850. The number of likely N-dealkylation sites (tertiary alicyclic amines) is 1. The number of carbonyl (C=O) groups is 3. The summed E-state index contributed by atoms with van der Waals surface area (Å²) < 4.78 is 25.7. The van der Waals surface area contributed by atoms with Crippen molar-refractivity contribution in [2.75, 3.05) is 26.1 Å². The number of hydrogen-bond acceptors (Lipinski definition) is 10. The summed E-state index contributed by atoms with van der Waals surface area (Å²) in [5, 5.41) is 27.9. The molecule has 1 aliphatic carbocycles. The van der Waals surface area contributed by atoms with Crippen molar-refractivity contribution in [3.05, 3.63) is 107 Å². The molecule has 0 radical (unpaired) electrons. The Labute approximate surface area is 289 Å². The Morgan fingerprint density at radius 1 is 1.04 bits per heavy atom. The summed E-state index contributed by atoms with van der Waals surface area (Å²) >= 11 is 12.3. The lowest BCUT2D eigenvalue weighted by Crippen LogP contribution is -2.47. The lowest BCUT2D eigenvalue weighted by Gasteiger charge is -2.30. The molecular formula is C33H31Cl2FN4O9. The zero-order chi connectivity index (χ0) is 35.7. The molecule has 1 N–H and O–H groups in total. The standard InChI is InChI=1S/C33H31Cl2FN4O9/c1-16-7-10-18(34)11-23(16)37-32(42)31-28(19-5-4-6-22(35)29(19)36)30(40(46)47)25(38(31)15-17-8-9-17)14-26(41)20-13-27(48-2)21(33(43)49-3)12-24(20)39(44)45/h4-7,10-13,17,25,28,30-31H,8-9,14-15H2,1-3H3,(H,37,42)/t25-,28-,30+,31+/m0/s1. The number of benzene rings is 3. The minimum atomic E-state index is -1.73. The second-order valence-electron chi connectivity index (χ2n) is 12.0. The number of ketones is 1. The van der Waals surface area contributed by atoms with Crippen molar-refractivity contribution in [3.8, 4) is 5.75 Å². The fraction of sp³-hybridized carbons (Fsp3) is 0.364. The summed E-state index contributed by atoms with van der Waals surface area (Å²) in [5.41, 5.74) is -0.751. The molecule has 258 valence electrons. The summed E-state index contributed by atoms with van der Waals surface area (Å²) in [6.07, 6.45) is 0.852. The van der Waals surface area contributed by atoms with E-state index in [0.717, 1.165) is 32.1 Å². The van der Waals surface area contributed by atoms with Gasteiger partial charge in [-0.05, 0) is 55.5 Å². The number of amides is 1. The summed E-state index contributed by atoms with van der Waals surface area (Å²) in [7, 11) is 2.26. The average molecular weight is 718 g/mol. The van der Waals surface area contributed by atoms with Crippen LogP contribution in [0.3, 0.4) is 0 Å². The molecule has 16 heteroatoms. The van der Waals surface area contributed by atoms with Crippen LogP contribution < -0.4 is 10.1 Å². The summed E-state index contributed by atoms with van der Waals surface area (Å²) in [5.74, 6) is -5.09. The van der Waals surface area contributed by atoms with Gasteiger partial charge in [0.15, 0.2) is 5.78 Å². The van der Waals surface area contributed by atoms with Crippen molar-refractivity contribution >= 4 is 52.2 Å². The number of methoxy groups -OCH3 is 2. The molecule has 2 fully saturated rings. The number of carbonyl (C=O) groups excluding carboxylic acids is 3. The van der Waals surface area contributed by atoms with Gasteiger partial charge >= 0.3 is 5.97 Å². The first-order valence-corrected chi connectivity index (χ1v) is 15.9. The summed E-state index contributed by atoms with van der Waals surface area (Å²) in [6, 6.07) is 6.24. The molecule has 1 heterocycles. The first-order valence-electron chi connectivity index (χ1n) is 15.1. The number of halogens is 3. The number of nitrogens with one attached hydrogen (secondary N) is 1. The normalized spacial score (nSPS) is 20.4. The van der Waals surface area contributed by atoms with Crippen LogP contribution in [0.15, 0.2) is 48.5 Å². The Hall–Kier alpha value is -4.66. The van der Waals surface area contributed by atoms with Gasteiger partial charge in [0.1, 0.15) is 23.2 Å². The third kappa shape index (κ3) is 7.21. The predicted octanol–water partition coefficient (Wildman–Crippen LogP) is 6.25. The van der Waals surface area contributed by atoms with Crippen LogP contribution in [-0.2, 0) is 9.53 Å². The Balaban J connectivity index is 1.65. The highest BCUT2D eigenvalue weighted by atomic mass is 35.5. The van der Waals surface area contributed by atoms with E-state index in [4.69, 9.17) is 27.9 Å². The molecule has 3 aromatic rings. The minimum absolute atomic E-state index is 0.0324. The molecule has 49 heavy (non-hydrogen) atoms. The van der Waals surface area contributed by atoms with Crippen LogP contribution in [-0.4, -0.2) is 71.3 Å². The number of nitrogens with zero attached hydrogens (tertiary/aromatic N) is 3. The highest BCUT2D eigenvalue weighted by molar-refractivity contribution is 6.31. The highest BCUT2D eigenvalue weighted by Crippen LogP contribution is 2.46. The number of nitro benzene ring substituents is 1. The second-order valence-corrected chi connectivity index (χ2v) is 12.8. The van der Waals surface area contributed by atoms with Crippen LogP contribution in [0, 0.1) is 38.9 Å². The van der Waals surface area contributed by atoms with Crippen LogP contribution in [0.2, 0.25) is 10.0 Å². The van der Waals surface area contributed by atoms with E-state index in [0.29, 0.717) is 16.3 Å². The van der Waals surface area contributed by atoms with Crippen LogP contribution in [0.4, 0.5) is 15.8 Å². The first kappa shape index (κ1) is 35.6. The SMILES string of the molecule is COC(=O)c1cc([N+](=O)[O-])c(C(=O)C[C@H]2[C@@H]([N+](=O)[O-])[C@H](c3cccc(Cl)c3F)[C@H](C(=O)Nc3cc(Cl)ccc3C)N2CC2CC2)cc1OC. The monoisotopic (exact) mass is 716 g/mol. The molecule has 1 saturated carbocycles. The van der Waals surface area contributed by atoms with Crippen molar-refractivity contribution in [1.82, 2.24) is 4.90 Å². The Morgan fingerprint density at radius 2 is 1.76 bits per heavy atom. The lowest BCUT2D eigenvalue weighted by molar-refractivity contribution is -0.527. The fourth-order valence-electron chi connectivity index (χ4n) is 6.45. The summed E-state index contributed by atoms with van der Waals surface area (Å²) in [4.78, 5) is 65.8. The first-order chi connectivity index (χ1) is 23.3. The third-order valence-electron chi connectivity index (χ3n) is 8.98. The third-order valence-corrected chi connectivity index (χ3v) is 9.50. The molecule has 1 saturated heterocycles. The maximum Gasteiger partial charge on any atom is 0.341 e. The number of ether oxygens (including phenoxy) is 2. The smallest absolute Gasteiger partial charge is 0.341 e. The summed E-state index contributed by atoms with van der Waals surface area (Å²) in [6.45, 7) is 1.88. The number of hydrogen-bond donors (Lipinski definition) is 1. The van der Waals surface area contributed by atoms with Gasteiger partial charge in [0.25, 0.3) is 5.69 Å². The van der Waals surface area contributed by atoms with Gasteiger partial charge in [0, 0.05) is 40.2 Å². The van der Waals surface area contributed by atoms with Crippen molar-refractivity contribution in [1.29, 1.82) is 0 Å². The van der Waals surface area contributed by atoms with Gasteiger partial charge in [-0.25, -0.2) is 9.18 Å². The van der Waals surface area contributed by atoms with Crippen LogP contribution >= 0.6 is 23.2 Å². The average Bonchev–Trinajstić information content (AvgIpc) is 3.83. The highest BCUT2D eigenvalue weighted by Gasteiger charge is 2.60. The van der Waals surface area contributed by atoms with E-state index in [9.17, 15) is 34.6 Å². The molecule has 2 aliphatic rings. The van der Waals surface area contributed by atoms with E-state index in [2.05, 4.69) is 10.1 Å². The zero-order valence-corrected chi connectivity index (χ0v) is 28.0. The molecule has 0 spiro atoms. The van der Waals surface area contributed by atoms with Crippen molar-refractivity contribution in [2.24, 2.45) is 5.92 Å². The fourth-order valence-corrected chi connectivity index (χ4v) is 6.81. The van der Waals surface area contributed by atoms with Crippen molar-refractivity contribution < 1.29 is 38.1 Å². The van der Waals surface area contributed by atoms with E-state index in [1.807, 2.05) is 0 Å². The molecule has 0 unspecified atom stereocenters. The molecule has 0 bridgehead atoms. The van der Waals surface area contributed by atoms with Gasteiger partial charge in [-0.15, -0.1) is 0 Å². The molecule has 13 nitrogen and oxygen atoms in total. The number of esters is 1. The van der Waals surface area contributed by atoms with E-state index >= 15 is 4.39 Å². The largest absolute Gasteiger partial charge is 0.496 e. The second kappa shape index (κ2) is 14.4. The maximum absolute atomic E-state index is 15.8. The lowest BCUT2D eigenvalue weighted by atomic mass is 9.84. The van der Waals surface area contributed by atoms with E-state index in [-0.39, 0.29) is 34.4 Å². The number of Topliss-reactive ketones (excluding diaryl/α,β-unsaturated/α-hetero) is 1. The van der Waals surface area contributed by atoms with Gasteiger partial charge in [-0.1, -0.05) is 41.4 Å². The Morgan fingerprint density at radius 3 is 2.37 bits per heavy atom. The van der Waals surface area contributed by atoms with Crippen LogP contribution in [0.1, 0.15) is 57.0 Å². The van der Waals surface area contributed by atoms with E-state index in [1.165, 1.54) is 36.3 Å². The quantitative estimate of drug-likeness (QED) is 0.0978. The molecule has 1 aliphatic heterocycles. The maximum atomic E-state index is 15.8. The number of anilines is 1. The molecule has 3 aromatic carbocycles. The van der Waals surface area contributed by atoms with E-state index < -0.39 is 75.0 Å². The van der Waals surface area contributed by atoms with Crippen LogP contribution in [0.25, 0.3) is 0 Å². The molecule has 5 rings (SSSR count). The molecule has 0 aromatic heterocycles.